The Kier molecular flexibility index (Phi) is 7.81. The van der Waals surface area contributed by atoms with Crippen LogP contribution in [0.5, 0.6) is 5.75 Å². The second-order valence-corrected chi connectivity index (χ2v) is 6.85. The van der Waals surface area contributed by atoms with Crippen LogP contribution in [0.4, 0.5) is 0 Å². The third-order valence-electron chi connectivity index (χ3n) is 4.01. The molecule has 0 radical (unpaired) electrons. The lowest BCUT2D eigenvalue weighted by molar-refractivity contribution is 0.0913. The number of nitrogens with one attached hydrogen (secondary N) is 2. The van der Waals surface area contributed by atoms with E-state index in [9.17, 15) is 4.79 Å². The number of hydrogen-bond acceptors (Lipinski definition) is 4. The molecule has 5 nitrogen and oxygen atoms in total. The van der Waals surface area contributed by atoms with Crippen molar-refractivity contribution in [2.75, 3.05) is 19.6 Å². The van der Waals surface area contributed by atoms with E-state index in [4.69, 9.17) is 9.15 Å². The number of furan rings is 1. The predicted molar refractivity (Wildman–Crippen MR) is 102 cm³/mol. The zero-order valence-electron chi connectivity index (χ0n) is 13.8. The van der Waals surface area contributed by atoms with Crippen LogP contribution < -0.4 is 15.4 Å². The molecule has 0 saturated carbocycles. The SMILES string of the molecule is Cl.O=C(NCC1CCCNC1)c1ccc(COc2cccc(Br)c2)o1. The minimum atomic E-state index is -0.172. The summed E-state index contributed by atoms with van der Waals surface area (Å²) in [5.74, 6) is 2.02. The molecule has 1 aromatic carbocycles. The fourth-order valence-corrected chi connectivity index (χ4v) is 3.09. The fraction of sp³-hybridized carbons (Fsp3) is 0.389. The number of benzene rings is 1. The Labute approximate surface area is 162 Å². The summed E-state index contributed by atoms with van der Waals surface area (Å²) in [5.41, 5.74) is 0. The number of rotatable bonds is 6. The molecule has 0 aliphatic carbocycles. The summed E-state index contributed by atoms with van der Waals surface area (Å²) >= 11 is 3.40. The van der Waals surface area contributed by atoms with E-state index in [0.29, 0.717) is 24.0 Å². The lowest BCUT2D eigenvalue weighted by atomic mass is 10.00. The molecule has 1 amide bonds. The topological polar surface area (TPSA) is 63.5 Å². The summed E-state index contributed by atoms with van der Waals surface area (Å²) in [4.78, 5) is 12.1. The maximum absolute atomic E-state index is 12.1. The largest absolute Gasteiger partial charge is 0.486 e. The van der Waals surface area contributed by atoms with Gasteiger partial charge in [0, 0.05) is 11.0 Å². The normalized spacial score (nSPS) is 16.8. The van der Waals surface area contributed by atoms with Crippen molar-refractivity contribution >= 4 is 34.2 Å². The number of halogens is 2. The van der Waals surface area contributed by atoms with Gasteiger partial charge >= 0.3 is 0 Å². The van der Waals surface area contributed by atoms with Crippen molar-refractivity contribution in [3.05, 3.63) is 52.4 Å². The highest BCUT2D eigenvalue weighted by Gasteiger charge is 2.16. The van der Waals surface area contributed by atoms with Crippen LogP contribution in [-0.2, 0) is 6.61 Å². The maximum atomic E-state index is 12.1. The number of carbonyl (C=O) groups excluding carboxylic acids is 1. The van der Waals surface area contributed by atoms with Gasteiger partial charge in [-0.3, -0.25) is 4.79 Å². The monoisotopic (exact) mass is 428 g/mol. The summed E-state index contributed by atoms with van der Waals surface area (Å²) in [6, 6.07) is 11.1. The van der Waals surface area contributed by atoms with Crippen LogP contribution in [0.25, 0.3) is 0 Å². The van der Waals surface area contributed by atoms with E-state index in [-0.39, 0.29) is 24.9 Å². The zero-order chi connectivity index (χ0) is 16.8. The van der Waals surface area contributed by atoms with Crippen molar-refractivity contribution in [3.63, 3.8) is 0 Å². The third kappa shape index (κ3) is 6.06. The van der Waals surface area contributed by atoms with E-state index in [1.807, 2.05) is 24.3 Å². The first-order chi connectivity index (χ1) is 11.7. The molecule has 2 N–H and O–H groups in total. The van der Waals surface area contributed by atoms with E-state index in [0.717, 1.165) is 29.7 Å². The van der Waals surface area contributed by atoms with Crippen molar-refractivity contribution in [2.45, 2.75) is 19.4 Å². The smallest absolute Gasteiger partial charge is 0.287 e. The van der Waals surface area contributed by atoms with Crippen LogP contribution in [0.15, 0.2) is 45.3 Å². The van der Waals surface area contributed by atoms with E-state index in [1.165, 1.54) is 6.42 Å². The fourth-order valence-electron chi connectivity index (χ4n) is 2.71. The van der Waals surface area contributed by atoms with Gasteiger partial charge in [-0.05, 0) is 62.2 Å². The molecule has 0 spiro atoms. The molecule has 1 aliphatic heterocycles. The molecular formula is C18H22BrClN2O3. The molecule has 2 heterocycles. The summed E-state index contributed by atoms with van der Waals surface area (Å²) < 4.78 is 12.2. The summed E-state index contributed by atoms with van der Waals surface area (Å²) in [5, 5.41) is 6.29. The molecule has 136 valence electrons. The average molecular weight is 430 g/mol. The van der Waals surface area contributed by atoms with Gasteiger partial charge in [-0.15, -0.1) is 12.4 Å². The molecule has 7 heteroatoms. The van der Waals surface area contributed by atoms with Gasteiger partial charge in [-0.2, -0.15) is 0 Å². The molecular weight excluding hydrogens is 408 g/mol. The highest BCUT2D eigenvalue weighted by molar-refractivity contribution is 9.10. The van der Waals surface area contributed by atoms with Crippen LogP contribution in [0.2, 0.25) is 0 Å². The number of ether oxygens (including phenoxy) is 1. The number of carbonyl (C=O) groups is 1. The highest BCUT2D eigenvalue weighted by atomic mass is 79.9. The minimum Gasteiger partial charge on any atom is -0.486 e. The van der Waals surface area contributed by atoms with Crippen LogP contribution in [-0.4, -0.2) is 25.5 Å². The standard InChI is InChI=1S/C18H21BrN2O3.ClH/c19-14-4-1-5-15(9-14)23-12-16-6-7-17(24-16)18(22)21-11-13-3-2-8-20-10-13;/h1,4-7,9,13,20H,2-3,8,10-12H2,(H,21,22);1H. The van der Waals surface area contributed by atoms with Crippen LogP contribution in [0.3, 0.4) is 0 Å². The Morgan fingerprint density at radius 2 is 2.24 bits per heavy atom. The molecule has 25 heavy (non-hydrogen) atoms. The summed E-state index contributed by atoms with van der Waals surface area (Å²) in [7, 11) is 0. The van der Waals surface area contributed by atoms with Gasteiger partial charge in [-0.25, -0.2) is 0 Å². The molecule has 1 saturated heterocycles. The van der Waals surface area contributed by atoms with Gasteiger partial charge in [0.25, 0.3) is 5.91 Å². The Bertz CT molecular complexity index is 686. The zero-order valence-corrected chi connectivity index (χ0v) is 16.2. The second kappa shape index (κ2) is 9.85. The minimum absolute atomic E-state index is 0. The molecule has 2 aromatic rings. The first-order valence-electron chi connectivity index (χ1n) is 8.17. The molecule has 1 atom stereocenters. The van der Waals surface area contributed by atoms with Gasteiger partial charge in [0.2, 0.25) is 0 Å². The Morgan fingerprint density at radius 1 is 1.36 bits per heavy atom. The molecule has 3 rings (SSSR count). The highest BCUT2D eigenvalue weighted by Crippen LogP contribution is 2.19. The number of hydrogen-bond donors (Lipinski definition) is 2. The molecule has 1 unspecified atom stereocenters. The van der Waals surface area contributed by atoms with Gasteiger partial charge < -0.3 is 19.8 Å². The van der Waals surface area contributed by atoms with E-state index < -0.39 is 0 Å². The summed E-state index contributed by atoms with van der Waals surface area (Å²) in [6.07, 6.45) is 2.32. The van der Waals surface area contributed by atoms with Crippen LogP contribution in [0.1, 0.15) is 29.2 Å². The Balaban J connectivity index is 0.00000225. The summed E-state index contributed by atoms with van der Waals surface area (Å²) in [6.45, 7) is 3.00. The van der Waals surface area contributed by atoms with Gasteiger partial charge in [0.15, 0.2) is 5.76 Å². The number of piperidine rings is 1. The number of amides is 1. The van der Waals surface area contributed by atoms with Crippen molar-refractivity contribution in [2.24, 2.45) is 5.92 Å². The molecule has 0 bridgehead atoms. The average Bonchev–Trinajstić information content (AvgIpc) is 3.08. The van der Waals surface area contributed by atoms with Gasteiger partial charge in [0.1, 0.15) is 18.1 Å². The van der Waals surface area contributed by atoms with Crippen molar-refractivity contribution < 1.29 is 13.9 Å². The van der Waals surface area contributed by atoms with E-state index in [1.54, 1.807) is 12.1 Å². The second-order valence-electron chi connectivity index (χ2n) is 5.93. The van der Waals surface area contributed by atoms with Crippen molar-refractivity contribution in [3.8, 4) is 5.75 Å². The Morgan fingerprint density at radius 3 is 3.00 bits per heavy atom. The van der Waals surface area contributed by atoms with Crippen molar-refractivity contribution in [1.82, 2.24) is 10.6 Å². The predicted octanol–water partition coefficient (Wildman–Crippen LogP) is 3.77. The van der Waals surface area contributed by atoms with Crippen LogP contribution in [0, 0.1) is 5.92 Å². The lowest BCUT2D eigenvalue weighted by Gasteiger charge is -2.22. The lowest BCUT2D eigenvalue weighted by Crippen LogP contribution is -2.38. The van der Waals surface area contributed by atoms with Gasteiger partial charge in [-0.1, -0.05) is 22.0 Å². The van der Waals surface area contributed by atoms with E-state index >= 15 is 0 Å². The first kappa shape index (κ1) is 19.8. The molecule has 1 aromatic heterocycles. The quantitative estimate of drug-likeness (QED) is 0.734. The van der Waals surface area contributed by atoms with E-state index in [2.05, 4.69) is 26.6 Å². The van der Waals surface area contributed by atoms with Gasteiger partial charge in [0.05, 0.1) is 0 Å². The molecule has 1 fully saturated rings. The van der Waals surface area contributed by atoms with Crippen molar-refractivity contribution in [1.29, 1.82) is 0 Å². The maximum Gasteiger partial charge on any atom is 0.287 e. The van der Waals surface area contributed by atoms with Crippen LogP contribution >= 0.6 is 28.3 Å². The first-order valence-corrected chi connectivity index (χ1v) is 8.96. The molecule has 1 aliphatic rings. The Hall–Kier alpha value is -1.50. The third-order valence-corrected chi connectivity index (χ3v) is 4.51.